The highest BCUT2D eigenvalue weighted by molar-refractivity contribution is 7.09. The standard InChI is InChI=1S/C15H17N5S/c1-9(2)13-8-21-14(19-13)11(7-16)12-5-6-17-15(20-12)18-10-3-4-10/h5-6,8-11H,3-4H2,1-2H3,(H,17,18,20). The Hall–Kier alpha value is -2.00. The van der Waals surface area contributed by atoms with E-state index in [0.717, 1.165) is 10.7 Å². The van der Waals surface area contributed by atoms with Crippen molar-refractivity contribution < 1.29 is 0 Å². The van der Waals surface area contributed by atoms with Gasteiger partial charge in [-0.15, -0.1) is 11.3 Å². The molecular weight excluding hydrogens is 282 g/mol. The number of hydrogen-bond acceptors (Lipinski definition) is 6. The Bertz CT molecular complexity index is 669. The van der Waals surface area contributed by atoms with Crippen LogP contribution in [0.1, 0.15) is 54.9 Å². The van der Waals surface area contributed by atoms with E-state index in [-0.39, 0.29) is 0 Å². The summed E-state index contributed by atoms with van der Waals surface area (Å²) in [5.74, 6) is 0.549. The second-order valence-electron chi connectivity index (χ2n) is 5.55. The van der Waals surface area contributed by atoms with Crippen molar-refractivity contribution in [2.45, 2.75) is 44.6 Å². The summed E-state index contributed by atoms with van der Waals surface area (Å²) in [7, 11) is 0. The minimum Gasteiger partial charge on any atom is -0.351 e. The van der Waals surface area contributed by atoms with Crippen LogP contribution < -0.4 is 5.32 Å². The predicted octanol–water partition coefficient (Wildman–Crippen LogP) is 3.29. The van der Waals surface area contributed by atoms with Crippen LogP contribution in [0.5, 0.6) is 0 Å². The number of nitrogens with one attached hydrogen (secondary N) is 1. The third kappa shape index (κ3) is 3.19. The van der Waals surface area contributed by atoms with Crippen molar-refractivity contribution in [3.8, 4) is 6.07 Å². The molecule has 21 heavy (non-hydrogen) atoms. The fourth-order valence-electron chi connectivity index (χ4n) is 1.96. The highest BCUT2D eigenvalue weighted by Gasteiger charge is 2.24. The van der Waals surface area contributed by atoms with Crippen molar-refractivity contribution >= 4 is 17.3 Å². The van der Waals surface area contributed by atoms with Gasteiger partial charge in [0.15, 0.2) is 0 Å². The van der Waals surface area contributed by atoms with Gasteiger partial charge in [-0.25, -0.2) is 15.0 Å². The monoisotopic (exact) mass is 299 g/mol. The first-order chi connectivity index (χ1) is 10.2. The SMILES string of the molecule is CC(C)c1csc(C(C#N)c2ccnc(NC3CC3)n2)n1. The number of aromatic nitrogens is 3. The minimum atomic E-state index is -0.426. The molecule has 108 valence electrons. The summed E-state index contributed by atoms with van der Waals surface area (Å²) in [6.07, 6.45) is 4.04. The van der Waals surface area contributed by atoms with Gasteiger partial charge in [-0.2, -0.15) is 5.26 Å². The number of thiazole rings is 1. The highest BCUT2D eigenvalue weighted by atomic mass is 32.1. The van der Waals surface area contributed by atoms with Crippen molar-refractivity contribution in [3.63, 3.8) is 0 Å². The zero-order valence-corrected chi connectivity index (χ0v) is 12.9. The van der Waals surface area contributed by atoms with E-state index in [0.29, 0.717) is 23.6 Å². The normalized spacial score (nSPS) is 15.7. The molecule has 0 saturated heterocycles. The maximum absolute atomic E-state index is 9.50. The van der Waals surface area contributed by atoms with Crippen LogP contribution in [0.4, 0.5) is 5.95 Å². The lowest BCUT2D eigenvalue weighted by Crippen LogP contribution is -2.08. The molecule has 1 saturated carbocycles. The van der Waals surface area contributed by atoms with Crippen molar-refractivity contribution in [1.29, 1.82) is 5.26 Å². The largest absolute Gasteiger partial charge is 0.351 e. The van der Waals surface area contributed by atoms with Gasteiger partial charge in [0.2, 0.25) is 5.95 Å². The van der Waals surface area contributed by atoms with Crippen LogP contribution >= 0.6 is 11.3 Å². The smallest absolute Gasteiger partial charge is 0.223 e. The lowest BCUT2D eigenvalue weighted by molar-refractivity contribution is 0.815. The van der Waals surface area contributed by atoms with Crippen molar-refractivity contribution in [3.05, 3.63) is 34.0 Å². The first-order valence-electron chi connectivity index (χ1n) is 7.11. The molecule has 5 nitrogen and oxygen atoms in total. The van der Waals surface area contributed by atoms with Gasteiger partial charge in [0.25, 0.3) is 0 Å². The Labute approximate surface area is 128 Å². The topological polar surface area (TPSA) is 74.5 Å². The lowest BCUT2D eigenvalue weighted by atomic mass is 10.1. The van der Waals surface area contributed by atoms with E-state index in [1.807, 2.05) is 5.38 Å². The Balaban J connectivity index is 1.86. The van der Waals surface area contributed by atoms with Crippen molar-refractivity contribution in [2.75, 3.05) is 5.32 Å². The molecule has 0 aromatic carbocycles. The van der Waals surface area contributed by atoms with Gasteiger partial charge in [-0.05, 0) is 24.8 Å². The molecule has 0 spiro atoms. The van der Waals surface area contributed by atoms with E-state index >= 15 is 0 Å². The van der Waals surface area contributed by atoms with Crippen LogP contribution in [-0.2, 0) is 0 Å². The maximum Gasteiger partial charge on any atom is 0.223 e. The molecule has 0 aliphatic heterocycles. The molecule has 1 unspecified atom stereocenters. The molecule has 2 heterocycles. The lowest BCUT2D eigenvalue weighted by Gasteiger charge is -2.08. The molecule has 0 amide bonds. The average molecular weight is 299 g/mol. The number of nitriles is 1. The molecule has 1 atom stereocenters. The summed E-state index contributed by atoms with van der Waals surface area (Å²) < 4.78 is 0. The molecule has 1 N–H and O–H groups in total. The molecule has 1 fully saturated rings. The molecule has 1 aliphatic rings. The number of rotatable bonds is 5. The van der Waals surface area contributed by atoms with Crippen LogP contribution in [0.2, 0.25) is 0 Å². The summed E-state index contributed by atoms with van der Waals surface area (Å²) in [4.78, 5) is 13.3. The quantitative estimate of drug-likeness (QED) is 0.917. The van der Waals surface area contributed by atoms with E-state index in [4.69, 9.17) is 0 Å². The molecule has 2 aromatic heterocycles. The molecule has 0 bridgehead atoms. The first-order valence-corrected chi connectivity index (χ1v) is 7.99. The van der Waals surface area contributed by atoms with E-state index < -0.39 is 5.92 Å². The summed E-state index contributed by atoms with van der Waals surface area (Å²) in [5, 5.41) is 15.6. The third-order valence-corrected chi connectivity index (χ3v) is 4.32. The average Bonchev–Trinajstić information content (AvgIpc) is 3.14. The number of hydrogen-bond donors (Lipinski definition) is 1. The van der Waals surface area contributed by atoms with E-state index in [1.54, 1.807) is 12.3 Å². The Morgan fingerprint density at radius 3 is 2.76 bits per heavy atom. The molecule has 3 rings (SSSR count). The van der Waals surface area contributed by atoms with Crippen LogP contribution in [0, 0.1) is 11.3 Å². The Morgan fingerprint density at radius 1 is 1.33 bits per heavy atom. The van der Waals surface area contributed by atoms with Crippen LogP contribution in [0.15, 0.2) is 17.6 Å². The second-order valence-corrected chi connectivity index (χ2v) is 6.44. The van der Waals surface area contributed by atoms with Crippen molar-refractivity contribution in [1.82, 2.24) is 15.0 Å². The maximum atomic E-state index is 9.50. The summed E-state index contributed by atoms with van der Waals surface area (Å²) in [6, 6.07) is 4.60. The third-order valence-electron chi connectivity index (χ3n) is 3.39. The van der Waals surface area contributed by atoms with E-state index in [2.05, 4.69) is 40.2 Å². The number of anilines is 1. The Kier molecular flexibility index (Phi) is 3.84. The van der Waals surface area contributed by atoms with Gasteiger partial charge in [0, 0.05) is 17.6 Å². The first kappa shape index (κ1) is 14.0. The minimum absolute atomic E-state index is 0.367. The fourth-order valence-corrected chi connectivity index (χ4v) is 2.99. The van der Waals surface area contributed by atoms with Crippen LogP contribution in [0.25, 0.3) is 0 Å². The predicted molar refractivity (Wildman–Crippen MR) is 82.3 cm³/mol. The molecule has 1 aliphatic carbocycles. The van der Waals surface area contributed by atoms with E-state index in [9.17, 15) is 5.26 Å². The second kappa shape index (κ2) is 5.78. The van der Waals surface area contributed by atoms with Gasteiger partial charge in [0.05, 0.1) is 17.5 Å². The van der Waals surface area contributed by atoms with Gasteiger partial charge in [-0.1, -0.05) is 13.8 Å². The molecule has 6 heteroatoms. The van der Waals surface area contributed by atoms with Crippen molar-refractivity contribution in [2.24, 2.45) is 0 Å². The zero-order chi connectivity index (χ0) is 14.8. The van der Waals surface area contributed by atoms with Gasteiger partial charge in [0.1, 0.15) is 10.9 Å². The highest BCUT2D eigenvalue weighted by Crippen LogP contribution is 2.29. The van der Waals surface area contributed by atoms with Gasteiger partial charge < -0.3 is 5.32 Å². The van der Waals surface area contributed by atoms with E-state index in [1.165, 1.54) is 24.2 Å². The molecule has 2 aromatic rings. The molecule has 0 radical (unpaired) electrons. The van der Waals surface area contributed by atoms with Gasteiger partial charge >= 0.3 is 0 Å². The van der Waals surface area contributed by atoms with Crippen LogP contribution in [-0.4, -0.2) is 21.0 Å². The van der Waals surface area contributed by atoms with Crippen LogP contribution in [0.3, 0.4) is 0 Å². The zero-order valence-electron chi connectivity index (χ0n) is 12.1. The number of nitrogens with zero attached hydrogens (tertiary/aromatic N) is 4. The summed E-state index contributed by atoms with van der Waals surface area (Å²) in [6.45, 7) is 4.20. The summed E-state index contributed by atoms with van der Waals surface area (Å²) >= 11 is 1.52. The fraction of sp³-hybridized carbons (Fsp3) is 0.467. The summed E-state index contributed by atoms with van der Waals surface area (Å²) in [5.41, 5.74) is 1.74. The van der Waals surface area contributed by atoms with Gasteiger partial charge in [-0.3, -0.25) is 0 Å². The Morgan fingerprint density at radius 2 is 2.14 bits per heavy atom. The molecular formula is C15H17N5S.